The lowest BCUT2D eigenvalue weighted by molar-refractivity contribution is -0.385. The van der Waals surface area contributed by atoms with E-state index in [0.29, 0.717) is 11.4 Å². The fourth-order valence-corrected chi connectivity index (χ4v) is 1.71. The number of carbonyl (C=O) groups is 1. The summed E-state index contributed by atoms with van der Waals surface area (Å²) in [7, 11) is 1.39. The van der Waals surface area contributed by atoms with E-state index in [0.717, 1.165) is 0 Å². The Morgan fingerprint density at radius 1 is 1.24 bits per heavy atom. The summed E-state index contributed by atoms with van der Waals surface area (Å²) in [6.45, 7) is 0. The summed E-state index contributed by atoms with van der Waals surface area (Å²) in [5.74, 6) is -0.794. The zero-order valence-electron chi connectivity index (χ0n) is 11.0. The fourth-order valence-electron chi connectivity index (χ4n) is 1.71. The van der Waals surface area contributed by atoms with Crippen LogP contribution in [-0.4, -0.2) is 17.9 Å². The summed E-state index contributed by atoms with van der Waals surface area (Å²) < 4.78 is 17.8. The highest BCUT2D eigenvalue weighted by atomic mass is 19.1. The maximum absolute atomic E-state index is 12.8. The molecular weight excluding hydrogens is 279 g/mol. The summed E-state index contributed by atoms with van der Waals surface area (Å²) >= 11 is 0. The normalized spacial score (nSPS) is 10.0. The van der Waals surface area contributed by atoms with Crippen LogP contribution in [0.5, 0.6) is 5.75 Å². The molecule has 0 atom stereocenters. The van der Waals surface area contributed by atoms with Gasteiger partial charge in [-0.25, -0.2) is 4.39 Å². The van der Waals surface area contributed by atoms with Crippen LogP contribution in [0, 0.1) is 15.9 Å². The van der Waals surface area contributed by atoms with E-state index in [1.165, 1.54) is 49.6 Å². The summed E-state index contributed by atoms with van der Waals surface area (Å²) in [5, 5.41) is 13.4. The Labute approximate surface area is 119 Å². The standard InChI is InChI=1S/C14H11FN2O4/c1-21-11-6-7-13(17(19)20)12(8-11)14(18)16-10-4-2-9(15)3-5-10/h2-8H,1H3,(H,16,18). The Morgan fingerprint density at radius 2 is 1.90 bits per heavy atom. The Hall–Kier alpha value is -2.96. The van der Waals surface area contributed by atoms with Gasteiger partial charge in [-0.1, -0.05) is 0 Å². The fraction of sp³-hybridized carbons (Fsp3) is 0.0714. The third-order valence-corrected chi connectivity index (χ3v) is 2.75. The summed E-state index contributed by atoms with van der Waals surface area (Å²) in [4.78, 5) is 22.4. The first-order valence-electron chi connectivity index (χ1n) is 5.90. The molecule has 0 saturated carbocycles. The molecular formula is C14H11FN2O4. The van der Waals surface area contributed by atoms with Gasteiger partial charge in [0.05, 0.1) is 12.0 Å². The lowest BCUT2D eigenvalue weighted by Crippen LogP contribution is -2.14. The molecule has 6 nitrogen and oxygen atoms in total. The van der Waals surface area contributed by atoms with Gasteiger partial charge in [-0.15, -0.1) is 0 Å². The Balaban J connectivity index is 2.33. The van der Waals surface area contributed by atoms with Gasteiger partial charge in [0.2, 0.25) is 0 Å². The number of benzene rings is 2. The van der Waals surface area contributed by atoms with Crippen LogP contribution >= 0.6 is 0 Å². The van der Waals surface area contributed by atoms with Gasteiger partial charge in [-0.05, 0) is 36.4 Å². The third kappa shape index (κ3) is 3.33. The van der Waals surface area contributed by atoms with Crippen LogP contribution in [-0.2, 0) is 0 Å². The number of carbonyl (C=O) groups excluding carboxylic acids is 1. The number of halogens is 1. The average Bonchev–Trinajstić information content (AvgIpc) is 2.48. The Bertz CT molecular complexity index is 686. The van der Waals surface area contributed by atoms with E-state index in [1.807, 2.05) is 0 Å². The van der Waals surface area contributed by atoms with E-state index in [1.54, 1.807) is 0 Å². The van der Waals surface area contributed by atoms with Crippen molar-refractivity contribution in [2.24, 2.45) is 0 Å². The van der Waals surface area contributed by atoms with Crippen LogP contribution in [0.15, 0.2) is 42.5 Å². The molecule has 0 aliphatic rings. The van der Waals surface area contributed by atoms with Gasteiger partial charge in [-0.3, -0.25) is 14.9 Å². The van der Waals surface area contributed by atoms with Gasteiger partial charge in [0.15, 0.2) is 0 Å². The number of anilines is 1. The maximum Gasteiger partial charge on any atom is 0.282 e. The van der Waals surface area contributed by atoms with Crippen molar-refractivity contribution in [1.82, 2.24) is 0 Å². The number of nitro benzene ring substituents is 1. The number of nitro groups is 1. The van der Waals surface area contributed by atoms with Crippen molar-refractivity contribution in [2.75, 3.05) is 12.4 Å². The highest BCUT2D eigenvalue weighted by Gasteiger charge is 2.21. The molecule has 108 valence electrons. The number of methoxy groups -OCH3 is 1. The number of hydrogen-bond donors (Lipinski definition) is 1. The second kappa shape index (κ2) is 6.00. The van der Waals surface area contributed by atoms with Crippen molar-refractivity contribution < 1.29 is 18.8 Å². The number of hydrogen-bond acceptors (Lipinski definition) is 4. The first-order chi connectivity index (χ1) is 10.0. The lowest BCUT2D eigenvalue weighted by Gasteiger charge is -2.07. The van der Waals surface area contributed by atoms with Gasteiger partial charge >= 0.3 is 0 Å². The van der Waals surface area contributed by atoms with Crippen molar-refractivity contribution in [2.45, 2.75) is 0 Å². The van der Waals surface area contributed by atoms with E-state index in [-0.39, 0.29) is 11.3 Å². The molecule has 2 aromatic carbocycles. The highest BCUT2D eigenvalue weighted by molar-refractivity contribution is 6.07. The van der Waals surface area contributed by atoms with Crippen LogP contribution in [0.3, 0.4) is 0 Å². The minimum Gasteiger partial charge on any atom is -0.497 e. The van der Waals surface area contributed by atoms with E-state index in [9.17, 15) is 19.3 Å². The lowest BCUT2D eigenvalue weighted by atomic mass is 10.1. The molecule has 0 saturated heterocycles. The van der Waals surface area contributed by atoms with E-state index in [2.05, 4.69) is 5.32 Å². The molecule has 0 radical (unpaired) electrons. The first kappa shape index (κ1) is 14.4. The summed E-state index contributed by atoms with van der Waals surface area (Å²) in [6, 6.07) is 8.94. The average molecular weight is 290 g/mol. The summed E-state index contributed by atoms with van der Waals surface area (Å²) in [6.07, 6.45) is 0. The van der Waals surface area contributed by atoms with E-state index < -0.39 is 16.6 Å². The molecule has 1 amide bonds. The van der Waals surface area contributed by atoms with Crippen molar-refractivity contribution in [3.8, 4) is 5.75 Å². The Kier molecular flexibility index (Phi) is 4.13. The first-order valence-corrected chi connectivity index (χ1v) is 5.90. The molecule has 0 unspecified atom stereocenters. The smallest absolute Gasteiger partial charge is 0.282 e. The third-order valence-electron chi connectivity index (χ3n) is 2.75. The molecule has 0 aliphatic carbocycles. The molecule has 0 heterocycles. The van der Waals surface area contributed by atoms with E-state index in [4.69, 9.17) is 4.74 Å². The predicted molar refractivity (Wildman–Crippen MR) is 74.0 cm³/mol. The minimum absolute atomic E-state index is 0.135. The van der Waals surface area contributed by atoms with Crippen LogP contribution in [0.1, 0.15) is 10.4 Å². The second-order valence-electron chi connectivity index (χ2n) is 4.10. The predicted octanol–water partition coefficient (Wildman–Crippen LogP) is 2.99. The van der Waals surface area contributed by atoms with Crippen LogP contribution in [0.4, 0.5) is 15.8 Å². The molecule has 0 fully saturated rings. The number of rotatable bonds is 4. The Morgan fingerprint density at radius 3 is 2.48 bits per heavy atom. The monoisotopic (exact) mass is 290 g/mol. The number of amides is 1. The van der Waals surface area contributed by atoms with Crippen molar-refractivity contribution in [1.29, 1.82) is 0 Å². The minimum atomic E-state index is -0.674. The molecule has 21 heavy (non-hydrogen) atoms. The zero-order chi connectivity index (χ0) is 15.4. The quantitative estimate of drug-likeness (QED) is 0.693. The molecule has 0 spiro atoms. The second-order valence-corrected chi connectivity index (χ2v) is 4.10. The number of nitrogens with zero attached hydrogens (tertiary/aromatic N) is 1. The van der Waals surface area contributed by atoms with Crippen LogP contribution in [0.2, 0.25) is 0 Å². The molecule has 2 rings (SSSR count). The molecule has 0 aliphatic heterocycles. The number of nitrogens with one attached hydrogen (secondary N) is 1. The molecule has 2 aromatic rings. The van der Waals surface area contributed by atoms with Crippen molar-refractivity contribution >= 4 is 17.3 Å². The zero-order valence-corrected chi connectivity index (χ0v) is 11.0. The van der Waals surface area contributed by atoms with Gasteiger partial charge in [0.1, 0.15) is 17.1 Å². The van der Waals surface area contributed by atoms with E-state index >= 15 is 0 Å². The van der Waals surface area contributed by atoms with Crippen LogP contribution in [0.25, 0.3) is 0 Å². The van der Waals surface area contributed by atoms with Gasteiger partial charge < -0.3 is 10.1 Å². The van der Waals surface area contributed by atoms with Gasteiger partial charge in [-0.2, -0.15) is 0 Å². The number of ether oxygens (including phenoxy) is 1. The SMILES string of the molecule is COc1ccc([N+](=O)[O-])c(C(=O)Nc2ccc(F)cc2)c1. The highest BCUT2D eigenvalue weighted by Crippen LogP contribution is 2.25. The molecule has 1 N–H and O–H groups in total. The molecule has 7 heteroatoms. The summed E-state index contributed by atoms with van der Waals surface area (Å²) in [5.41, 5.74) is -0.141. The molecule has 0 aromatic heterocycles. The van der Waals surface area contributed by atoms with Gasteiger partial charge in [0, 0.05) is 11.8 Å². The topological polar surface area (TPSA) is 81.5 Å². The maximum atomic E-state index is 12.8. The van der Waals surface area contributed by atoms with Crippen LogP contribution < -0.4 is 10.1 Å². The van der Waals surface area contributed by atoms with Gasteiger partial charge in [0.25, 0.3) is 11.6 Å². The molecule has 0 bridgehead atoms. The largest absolute Gasteiger partial charge is 0.497 e. The van der Waals surface area contributed by atoms with Crippen molar-refractivity contribution in [3.63, 3.8) is 0 Å². The van der Waals surface area contributed by atoms with Crippen molar-refractivity contribution in [3.05, 3.63) is 64.0 Å².